The number of carbonyl (C=O) groups is 1. The molecule has 4 rings (SSSR count). The molecule has 3 aromatic rings. The van der Waals surface area contributed by atoms with Crippen LogP contribution in [0.5, 0.6) is 0 Å². The minimum absolute atomic E-state index is 0.0775. The molecule has 0 saturated carbocycles. The third-order valence-electron chi connectivity index (χ3n) is 4.33. The van der Waals surface area contributed by atoms with Gasteiger partial charge in [0, 0.05) is 6.42 Å². The second kappa shape index (κ2) is 5.52. The number of fused-ring (bicyclic) bond motifs is 3. The summed E-state index contributed by atoms with van der Waals surface area (Å²) in [5.41, 5.74) is -0.392. The van der Waals surface area contributed by atoms with Gasteiger partial charge in [0.2, 0.25) is 0 Å². The zero-order valence-electron chi connectivity index (χ0n) is 13.0. The van der Waals surface area contributed by atoms with Crippen molar-refractivity contribution in [1.82, 2.24) is 14.7 Å². The summed E-state index contributed by atoms with van der Waals surface area (Å²) in [6, 6.07) is 6.45. The van der Waals surface area contributed by atoms with E-state index in [1.807, 2.05) is 0 Å². The van der Waals surface area contributed by atoms with Crippen LogP contribution in [-0.2, 0) is 12.6 Å². The average Bonchev–Trinajstić information content (AvgIpc) is 3.06. The highest BCUT2D eigenvalue weighted by molar-refractivity contribution is 5.92. The molecule has 9 heteroatoms. The molecule has 0 saturated heterocycles. The van der Waals surface area contributed by atoms with Crippen LogP contribution in [0.4, 0.5) is 26.8 Å². The van der Waals surface area contributed by atoms with Crippen molar-refractivity contribution in [2.24, 2.45) is 0 Å². The maximum absolute atomic E-state index is 14.3. The Morgan fingerprint density at radius 3 is 2.54 bits per heavy atom. The number of imidazole rings is 1. The van der Waals surface area contributed by atoms with Crippen LogP contribution in [0.3, 0.4) is 0 Å². The van der Waals surface area contributed by atoms with Crippen LogP contribution >= 0.6 is 0 Å². The van der Waals surface area contributed by atoms with Crippen LogP contribution in [-0.4, -0.2) is 20.7 Å². The van der Waals surface area contributed by atoms with Crippen LogP contribution in [0.2, 0.25) is 0 Å². The molecule has 0 bridgehead atoms. The Kier molecular flexibility index (Phi) is 3.50. The monoisotopic (exact) mass is 367 g/mol. The third-order valence-corrected chi connectivity index (χ3v) is 4.33. The average molecular weight is 367 g/mol. The lowest BCUT2D eigenvalue weighted by Crippen LogP contribution is -2.22. The smallest absolute Gasteiger partial charge is 0.245 e. The summed E-state index contributed by atoms with van der Waals surface area (Å²) in [4.78, 5) is 16.4. The summed E-state index contributed by atoms with van der Waals surface area (Å²) in [7, 11) is 0. The van der Waals surface area contributed by atoms with Gasteiger partial charge in [-0.1, -0.05) is 22.7 Å². The normalized spacial score (nSPS) is 17.2. The number of halogens is 5. The van der Waals surface area contributed by atoms with Crippen LogP contribution in [0.25, 0.3) is 11.0 Å². The summed E-state index contributed by atoms with van der Waals surface area (Å²) in [5.74, 6) is -1.03. The van der Waals surface area contributed by atoms with Crippen molar-refractivity contribution >= 4 is 17.1 Å². The lowest BCUT2D eigenvalue weighted by molar-refractivity contribution is -0.137. The second-order valence-electron chi connectivity index (χ2n) is 5.91. The van der Waals surface area contributed by atoms with Gasteiger partial charge in [0.15, 0.2) is 0 Å². The molecule has 1 atom stereocenters. The zero-order chi connectivity index (χ0) is 18.6. The molecule has 134 valence electrons. The minimum Gasteiger partial charge on any atom is -0.245 e. The molecule has 0 N–H and O–H groups in total. The van der Waals surface area contributed by atoms with Gasteiger partial charge in [-0.3, -0.25) is 0 Å². The van der Waals surface area contributed by atoms with Crippen LogP contribution < -0.4 is 0 Å². The minimum atomic E-state index is -4.68. The number of amides is 1. The first-order valence-electron chi connectivity index (χ1n) is 7.59. The van der Waals surface area contributed by atoms with Gasteiger partial charge >= 0.3 is 12.2 Å². The first-order valence-corrected chi connectivity index (χ1v) is 7.59. The van der Waals surface area contributed by atoms with E-state index in [1.165, 1.54) is 0 Å². The topological polar surface area (TPSA) is 38.1 Å². The quantitative estimate of drug-likeness (QED) is 0.489. The molecular weight excluding hydrogens is 357 g/mol. The number of alkyl halides is 3. The number of nitrogens with zero attached hydrogens (tertiary/aromatic N) is 3. The summed E-state index contributed by atoms with van der Waals surface area (Å²) in [5, 5.41) is -0.0775. The first-order chi connectivity index (χ1) is 12.3. The van der Waals surface area contributed by atoms with Gasteiger partial charge in [-0.15, -0.1) is 5.12 Å². The van der Waals surface area contributed by atoms with E-state index in [-0.39, 0.29) is 22.9 Å². The van der Waals surface area contributed by atoms with Crippen molar-refractivity contribution in [3.05, 3.63) is 65.2 Å². The lowest BCUT2D eigenvalue weighted by atomic mass is 10.0. The Labute approximate surface area is 143 Å². The summed E-state index contributed by atoms with van der Waals surface area (Å²) in [6.45, 7) is 0. The van der Waals surface area contributed by atoms with Crippen LogP contribution in [0.15, 0.2) is 42.5 Å². The Balaban J connectivity index is 1.73. The maximum atomic E-state index is 14.3. The van der Waals surface area contributed by atoms with Gasteiger partial charge in [-0.05, 0) is 29.8 Å². The van der Waals surface area contributed by atoms with Gasteiger partial charge in [0.05, 0.1) is 16.6 Å². The van der Waals surface area contributed by atoms with Gasteiger partial charge in [-0.2, -0.15) is 13.2 Å². The van der Waals surface area contributed by atoms with E-state index in [0.717, 1.165) is 16.7 Å². The maximum Gasteiger partial charge on any atom is 0.416 e. The fourth-order valence-corrected chi connectivity index (χ4v) is 3.07. The molecule has 26 heavy (non-hydrogen) atoms. The van der Waals surface area contributed by atoms with Crippen molar-refractivity contribution in [2.75, 3.05) is 0 Å². The van der Waals surface area contributed by atoms with Crippen LogP contribution in [0.1, 0.15) is 23.0 Å². The molecule has 2 heterocycles. The van der Waals surface area contributed by atoms with E-state index in [0.29, 0.717) is 17.1 Å². The fourth-order valence-electron chi connectivity index (χ4n) is 3.07. The predicted molar refractivity (Wildman–Crippen MR) is 81.3 cm³/mol. The standard InChI is InChI=1S/C17H10F5N3O/c18-11-8-10(17(19,20)21)6-5-9(11)7-14-15-23-12-3-1-2-4-13(12)24(15)16(26)25(14)22/h1-6,8,14H,7H2. The van der Waals surface area contributed by atoms with Gasteiger partial charge in [-0.25, -0.2) is 18.7 Å². The van der Waals surface area contributed by atoms with Crippen molar-refractivity contribution < 1.29 is 26.8 Å². The molecule has 0 aliphatic carbocycles. The first kappa shape index (κ1) is 16.5. The van der Waals surface area contributed by atoms with Crippen molar-refractivity contribution in [3.63, 3.8) is 0 Å². The molecule has 1 aliphatic heterocycles. The summed E-state index contributed by atoms with van der Waals surface area (Å²) < 4.78 is 67.4. The van der Waals surface area contributed by atoms with Gasteiger partial charge < -0.3 is 0 Å². The molecular formula is C17H10F5N3O. The van der Waals surface area contributed by atoms with E-state index in [9.17, 15) is 26.8 Å². The Morgan fingerprint density at radius 1 is 1.12 bits per heavy atom. The number of carbonyl (C=O) groups excluding carboxylic acids is 1. The fraction of sp³-hybridized carbons (Fsp3) is 0.176. The SMILES string of the molecule is O=C1N(F)C(Cc2ccc(C(F)(F)F)cc2F)c2nc3ccccc3n21. The highest BCUT2D eigenvalue weighted by atomic mass is 19.4. The van der Waals surface area contributed by atoms with Gasteiger partial charge in [0.1, 0.15) is 17.7 Å². The van der Waals surface area contributed by atoms with E-state index in [4.69, 9.17) is 0 Å². The number of rotatable bonds is 2. The molecule has 1 aliphatic rings. The van der Waals surface area contributed by atoms with Crippen molar-refractivity contribution in [2.45, 2.75) is 18.6 Å². The van der Waals surface area contributed by atoms with Crippen molar-refractivity contribution in [3.8, 4) is 0 Å². The number of para-hydroxylation sites is 2. The Hall–Kier alpha value is -2.97. The van der Waals surface area contributed by atoms with E-state index >= 15 is 0 Å². The highest BCUT2D eigenvalue weighted by Gasteiger charge is 2.41. The van der Waals surface area contributed by atoms with Crippen molar-refractivity contribution in [1.29, 1.82) is 0 Å². The third kappa shape index (κ3) is 2.42. The Bertz CT molecular complexity index is 1030. The number of benzene rings is 2. The molecule has 0 fully saturated rings. The molecule has 1 aromatic heterocycles. The summed E-state index contributed by atoms with van der Waals surface area (Å²) in [6.07, 6.45) is -5.02. The molecule has 0 radical (unpaired) electrons. The Morgan fingerprint density at radius 2 is 1.85 bits per heavy atom. The van der Waals surface area contributed by atoms with Crippen LogP contribution in [0, 0.1) is 5.82 Å². The second-order valence-corrected chi connectivity index (χ2v) is 5.91. The molecule has 4 nitrogen and oxygen atoms in total. The van der Waals surface area contributed by atoms with Gasteiger partial charge in [0.25, 0.3) is 0 Å². The largest absolute Gasteiger partial charge is 0.416 e. The molecule has 0 spiro atoms. The molecule has 2 aromatic carbocycles. The number of hydrogen-bond donors (Lipinski definition) is 0. The van der Waals surface area contributed by atoms with E-state index < -0.39 is 29.6 Å². The highest BCUT2D eigenvalue weighted by Crippen LogP contribution is 2.36. The number of hydrogen-bond acceptors (Lipinski definition) is 2. The molecule has 1 unspecified atom stereocenters. The van der Waals surface area contributed by atoms with E-state index in [2.05, 4.69) is 4.98 Å². The predicted octanol–water partition coefficient (Wildman–Crippen LogP) is 4.65. The lowest BCUT2D eigenvalue weighted by Gasteiger charge is -2.15. The van der Waals surface area contributed by atoms with E-state index in [1.54, 1.807) is 24.3 Å². The zero-order valence-corrected chi connectivity index (χ0v) is 13.0. The number of aromatic nitrogens is 2. The molecule has 1 amide bonds. The summed E-state index contributed by atoms with van der Waals surface area (Å²) >= 11 is 0.